The van der Waals surface area contributed by atoms with Crippen LogP contribution in [0.5, 0.6) is 5.75 Å². The van der Waals surface area contributed by atoms with E-state index >= 15 is 0 Å². The number of carbonyl (C=O) groups excluding carboxylic acids is 1. The number of thiocarbonyl (C=S) groups is 1. The van der Waals surface area contributed by atoms with Gasteiger partial charge in [-0.15, -0.1) is 0 Å². The zero-order valence-corrected chi connectivity index (χ0v) is 11.5. The van der Waals surface area contributed by atoms with Gasteiger partial charge in [0.05, 0.1) is 13.7 Å². The first-order valence-electron chi connectivity index (χ1n) is 5.93. The number of nitrogens with one attached hydrogen (secondary N) is 1. The summed E-state index contributed by atoms with van der Waals surface area (Å²) in [6.45, 7) is 2.07. The van der Waals surface area contributed by atoms with Gasteiger partial charge in [0.15, 0.2) is 12.1 Å². The maximum absolute atomic E-state index is 11.9. The maximum Gasteiger partial charge on any atom is 0.332 e. The van der Waals surface area contributed by atoms with Crippen LogP contribution >= 0.6 is 12.2 Å². The molecule has 2 rings (SSSR count). The summed E-state index contributed by atoms with van der Waals surface area (Å²) in [5.41, 5.74) is 0.810. The lowest BCUT2D eigenvalue weighted by Crippen LogP contribution is -2.37. The summed E-state index contributed by atoms with van der Waals surface area (Å²) in [5.74, 6) is 0.316. The summed E-state index contributed by atoms with van der Waals surface area (Å²) >= 11 is 4.97. The van der Waals surface area contributed by atoms with Gasteiger partial charge < -0.3 is 19.5 Å². The van der Waals surface area contributed by atoms with Crippen molar-refractivity contribution in [2.24, 2.45) is 0 Å². The Kier molecular flexibility index (Phi) is 4.21. The fraction of sp³-hybridized carbons (Fsp3) is 0.385. The third kappa shape index (κ3) is 2.96. The minimum absolute atomic E-state index is 0.200. The van der Waals surface area contributed by atoms with Crippen LogP contribution in [0.2, 0.25) is 0 Å². The molecule has 0 spiro atoms. The quantitative estimate of drug-likeness (QED) is 0.668. The Hall–Kier alpha value is -1.82. The van der Waals surface area contributed by atoms with Gasteiger partial charge in [-0.1, -0.05) is 12.1 Å². The van der Waals surface area contributed by atoms with Crippen LogP contribution in [0.3, 0.4) is 0 Å². The first-order chi connectivity index (χ1) is 9.15. The molecule has 1 aromatic rings. The molecule has 1 N–H and O–H groups in total. The second-order valence-electron chi connectivity index (χ2n) is 3.98. The molecule has 1 fully saturated rings. The van der Waals surface area contributed by atoms with Gasteiger partial charge in [-0.3, -0.25) is 0 Å². The van der Waals surface area contributed by atoms with E-state index in [9.17, 15) is 4.79 Å². The van der Waals surface area contributed by atoms with Crippen LogP contribution in [-0.2, 0) is 14.3 Å². The standard InChI is InChI=1S/C13H15NO4S/c1-3-17-12(15)10-11(18-13(19)14-10)8-5-4-6-9(7-8)16-2/h4-7,10-11H,3H2,1-2H3,(H,14,19)/t10-,11+/m1/s1. The van der Waals surface area contributed by atoms with E-state index in [-0.39, 0.29) is 11.1 Å². The number of carbonyl (C=O) groups is 1. The molecule has 0 radical (unpaired) electrons. The van der Waals surface area contributed by atoms with E-state index in [1.807, 2.05) is 24.3 Å². The van der Waals surface area contributed by atoms with Gasteiger partial charge in [0.1, 0.15) is 5.75 Å². The summed E-state index contributed by atoms with van der Waals surface area (Å²) in [7, 11) is 1.58. The smallest absolute Gasteiger partial charge is 0.332 e. The number of methoxy groups -OCH3 is 1. The third-order valence-electron chi connectivity index (χ3n) is 2.77. The molecular formula is C13H15NO4S. The Morgan fingerprint density at radius 2 is 2.32 bits per heavy atom. The van der Waals surface area contributed by atoms with Crippen molar-refractivity contribution in [3.05, 3.63) is 29.8 Å². The van der Waals surface area contributed by atoms with Crippen molar-refractivity contribution >= 4 is 23.4 Å². The second-order valence-corrected chi connectivity index (χ2v) is 4.35. The van der Waals surface area contributed by atoms with E-state index in [0.29, 0.717) is 12.4 Å². The molecule has 0 aliphatic carbocycles. The van der Waals surface area contributed by atoms with Crippen LogP contribution < -0.4 is 10.1 Å². The molecule has 102 valence electrons. The molecule has 0 unspecified atom stereocenters. The van der Waals surface area contributed by atoms with Crippen LogP contribution in [0.1, 0.15) is 18.6 Å². The minimum atomic E-state index is -0.625. The highest BCUT2D eigenvalue weighted by molar-refractivity contribution is 7.80. The molecule has 1 saturated heterocycles. The third-order valence-corrected chi connectivity index (χ3v) is 2.99. The minimum Gasteiger partial charge on any atom is -0.497 e. The zero-order valence-electron chi connectivity index (χ0n) is 10.7. The van der Waals surface area contributed by atoms with Gasteiger partial charge in [-0.2, -0.15) is 0 Å². The first kappa shape index (κ1) is 13.6. The largest absolute Gasteiger partial charge is 0.497 e. The van der Waals surface area contributed by atoms with Crippen molar-refractivity contribution in [3.63, 3.8) is 0 Å². The monoisotopic (exact) mass is 281 g/mol. The van der Waals surface area contributed by atoms with Crippen molar-refractivity contribution in [2.45, 2.75) is 19.1 Å². The molecule has 0 amide bonds. The van der Waals surface area contributed by atoms with E-state index in [0.717, 1.165) is 5.56 Å². The predicted octanol–water partition coefficient (Wildman–Crippen LogP) is 1.57. The zero-order chi connectivity index (χ0) is 13.8. The second kappa shape index (κ2) is 5.88. The van der Waals surface area contributed by atoms with Crippen molar-refractivity contribution < 1.29 is 19.0 Å². The van der Waals surface area contributed by atoms with Crippen molar-refractivity contribution in [1.82, 2.24) is 5.32 Å². The lowest BCUT2D eigenvalue weighted by molar-refractivity contribution is -0.146. The van der Waals surface area contributed by atoms with E-state index < -0.39 is 12.1 Å². The fourth-order valence-corrected chi connectivity index (χ4v) is 2.14. The summed E-state index contributed by atoms with van der Waals surface area (Å²) in [6, 6.07) is 6.70. The van der Waals surface area contributed by atoms with Gasteiger partial charge in [-0.05, 0) is 36.8 Å². The lowest BCUT2D eigenvalue weighted by Gasteiger charge is -2.16. The molecule has 0 aromatic heterocycles. The molecule has 0 saturated carbocycles. The van der Waals surface area contributed by atoms with E-state index in [1.165, 1.54) is 0 Å². The highest BCUT2D eigenvalue weighted by Crippen LogP contribution is 2.29. The lowest BCUT2D eigenvalue weighted by atomic mass is 10.0. The molecule has 2 atom stereocenters. The molecule has 5 nitrogen and oxygen atoms in total. The topological polar surface area (TPSA) is 56.8 Å². The summed E-state index contributed by atoms with van der Waals surface area (Å²) in [4.78, 5) is 11.9. The number of benzene rings is 1. The molecule has 19 heavy (non-hydrogen) atoms. The van der Waals surface area contributed by atoms with Crippen LogP contribution in [0.4, 0.5) is 0 Å². The number of hydrogen-bond donors (Lipinski definition) is 1. The maximum atomic E-state index is 11.9. The fourth-order valence-electron chi connectivity index (χ4n) is 1.91. The highest BCUT2D eigenvalue weighted by atomic mass is 32.1. The Bertz CT molecular complexity index is 491. The highest BCUT2D eigenvalue weighted by Gasteiger charge is 2.39. The van der Waals surface area contributed by atoms with Gasteiger partial charge in [0.25, 0.3) is 5.17 Å². The average molecular weight is 281 g/mol. The number of hydrogen-bond acceptors (Lipinski definition) is 5. The SMILES string of the molecule is CCOC(=O)[C@@H]1NC(=S)O[C@H]1c1cccc(OC)c1. The Morgan fingerprint density at radius 3 is 3.00 bits per heavy atom. The van der Waals surface area contributed by atoms with Gasteiger partial charge in [-0.25, -0.2) is 4.79 Å². The predicted molar refractivity (Wildman–Crippen MR) is 73.0 cm³/mol. The van der Waals surface area contributed by atoms with Crippen molar-refractivity contribution in [2.75, 3.05) is 13.7 Å². The van der Waals surface area contributed by atoms with Crippen LogP contribution in [0, 0.1) is 0 Å². The Labute approximate surface area is 116 Å². The molecule has 1 aromatic carbocycles. The van der Waals surface area contributed by atoms with Crippen molar-refractivity contribution in [1.29, 1.82) is 0 Å². The van der Waals surface area contributed by atoms with Crippen LogP contribution in [-0.4, -0.2) is 30.9 Å². The summed E-state index contributed by atoms with van der Waals surface area (Å²) < 4.78 is 15.7. The molecule has 1 aliphatic rings. The van der Waals surface area contributed by atoms with E-state index in [1.54, 1.807) is 14.0 Å². The Balaban J connectivity index is 2.24. The average Bonchev–Trinajstić information content (AvgIpc) is 2.81. The molecule has 6 heteroatoms. The van der Waals surface area contributed by atoms with E-state index in [2.05, 4.69) is 5.32 Å². The van der Waals surface area contributed by atoms with Crippen LogP contribution in [0.25, 0.3) is 0 Å². The molecule has 0 bridgehead atoms. The Morgan fingerprint density at radius 1 is 1.53 bits per heavy atom. The van der Waals surface area contributed by atoms with Gasteiger partial charge in [0, 0.05) is 0 Å². The summed E-state index contributed by atoms with van der Waals surface area (Å²) in [6.07, 6.45) is -0.498. The van der Waals surface area contributed by atoms with Crippen LogP contribution in [0.15, 0.2) is 24.3 Å². The number of ether oxygens (including phenoxy) is 3. The number of rotatable bonds is 4. The first-order valence-corrected chi connectivity index (χ1v) is 6.34. The van der Waals surface area contributed by atoms with Gasteiger partial charge in [0.2, 0.25) is 0 Å². The van der Waals surface area contributed by atoms with Crippen molar-refractivity contribution in [3.8, 4) is 5.75 Å². The normalized spacial score (nSPS) is 21.5. The molecule has 1 heterocycles. The number of esters is 1. The summed E-state index contributed by atoms with van der Waals surface area (Å²) in [5, 5.41) is 3.02. The molecule has 1 aliphatic heterocycles. The van der Waals surface area contributed by atoms with E-state index in [4.69, 9.17) is 26.4 Å². The molecular weight excluding hydrogens is 266 g/mol. The van der Waals surface area contributed by atoms with Gasteiger partial charge >= 0.3 is 5.97 Å².